The third kappa shape index (κ3) is 4.12. The van der Waals surface area contributed by atoms with Crippen molar-refractivity contribution in [3.05, 3.63) is 23.7 Å². The van der Waals surface area contributed by atoms with Gasteiger partial charge in [0.2, 0.25) is 5.91 Å². The number of esters is 1. The van der Waals surface area contributed by atoms with Gasteiger partial charge in [0, 0.05) is 5.70 Å². The number of carbonyl (C=O) groups excluding carboxylic acids is 2. The molecule has 1 aliphatic rings. The molecule has 6 heteroatoms. The lowest BCUT2D eigenvalue weighted by molar-refractivity contribution is -0.144. The Labute approximate surface area is 106 Å². The highest BCUT2D eigenvalue weighted by molar-refractivity contribution is 5.91. The first kappa shape index (κ1) is 14.1. The van der Waals surface area contributed by atoms with E-state index in [1.165, 1.54) is 14.0 Å². The predicted octanol–water partition coefficient (Wildman–Crippen LogP) is 0.406. The van der Waals surface area contributed by atoms with Crippen LogP contribution < -0.4 is 11.1 Å². The number of hydrogen-bond donors (Lipinski definition) is 2. The van der Waals surface area contributed by atoms with Crippen LogP contribution in [0.25, 0.3) is 0 Å². The zero-order valence-electron chi connectivity index (χ0n) is 10.6. The lowest BCUT2D eigenvalue weighted by atomic mass is 10.2. The Balaban J connectivity index is 2.68. The van der Waals surface area contributed by atoms with Gasteiger partial charge in [0.05, 0.1) is 12.7 Å². The van der Waals surface area contributed by atoms with E-state index in [9.17, 15) is 9.59 Å². The van der Waals surface area contributed by atoms with Gasteiger partial charge in [-0.3, -0.25) is 4.79 Å². The summed E-state index contributed by atoms with van der Waals surface area (Å²) in [4.78, 5) is 22.1. The molecule has 0 aromatic carbocycles. The molecule has 1 fully saturated rings. The number of rotatable bonds is 7. The smallest absolute Gasteiger partial charge is 0.343 e. The normalized spacial score (nSPS) is 15.4. The van der Waals surface area contributed by atoms with Crippen LogP contribution in [-0.4, -0.2) is 25.6 Å². The van der Waals surface area contributed by atoms with Crippen LogP contribution in [0.5, 0.6) is 0 Å². The first-order valence-corrected chi connectivity index (χ1v) is 5.61. The van der Waals surface area contributed by atoms with Gasteiger partial charge in [-0.1, -0.05) is 6.58 Å². The molecule has 1 aliphatic carbocycles. The second-order valence-corrected chi connectivity index (χ2v) is 4.11. The molecule has 0 aliphatic heterocycles. The average Bonchev–Trinajstić information content (AvgIpc) is 3.16. The van der Waals surface area contributed by atoms with Gasteiger partial charge in [0.1, 0.15) is 0 Å². The lowest BCUT2D eigenvalue weighted by Crippen LogP contribution is -2.25. The molecule has 100 valence electrons. The summed E-state index contributed by atoms with van der Waals surface area (Å²) >= 11 is 0. The van der Waals surface area contributed by atoms with Gasteiger partial charge in [0.15, 0.2) is 12.5 Å². The largest absolute Gasteiger partial charge is 0.467 e. The Kier molecular flexibility index (Phi) is 4.76. The van der Waals surface area contributed by atoms with Crippen LogP contribution in [0.4, 0.5) is 0 Å². The maximum absolute atomic E-state index is 11.1. The van der Waals surface area contributed by atoms with E-state index in [4.69, 9.17) is 10.5 Å². The summed E-state index contributed by atoms with van der Waals surface area (Å²) in [5.74, 6) is -0.609. The molecule has 0 saturated heterocycles. The van der Waals surface area contributed by atoms with Crippen molar-refractivity contribution >= 4 is 11.9 Å². The number of ether oxygens (including phenoxy) is 2. The van der Waals surface area contributed by atoms with Crippen molar-refractivity contribution < 1.29 is 19.1 Å². The van der Waals surface area contributed by atoms with Crippen LogP contribution >= 0.6 is 0 Å². The Morgan fingerprint density at radius 1 is 1.44 bits per heavy atom. The van der Waals surface area contributed by atoms with Crippen molar-refractivity contribution in [1.82, 2.24) is 5.32 Å². The van der Waals surface area contributed by atoms with E-state index in [0.29, 0.717) is 5.92 Å². The van der Waals surface area contributed by atoms with Crippen LogP contribution in [-0.2, 0) is 19.1 Å². The zero-order valence-corrected chi connectivity index (χ0v) is 10.6. The first-order valence-electron chi connectivity index (χ1n) is 5.61. The fraction of sp³-hybridized carbons (Fsp3) is 0.500. The molecule has 0 aromatic heterocycles. The average molecular weight is 254 g/mol. The third-order valence-electron chi connectivity index (χ3n) is 2.62. The van der Waals surface area contributed by atoms with Crippen LogP contribution in [0.3, 0.4) is 0 Å². The zero-order chi connectivity index (χ0) is 13.7. The predicted molar refractivity (Wildman–Crippen MR) is 64.9 cm³/mol. The van der Waals surface area contributed by atoms with Crippen molar-refractivity contribution in [3.8, 4) is 0 Å². The molecule has 6 nitrogen and oxygen atoms in total. The Bertz CT molecular complexity index is 397. The number of nitrogens with one attached hydrogen (secondary N) is 1. The van der Waals surface area contributed by atoms with E-state index < -0.39 is 11.9 Å². The molecule has 0 atom stereocenters. The minimum Gasteiger partial charge on any atom is -0.467 e. The Hall–Kier alpha value is -1.98. The fourth-order valence-corrected chi connectivity index (χ4v) is 1.22. The number of carbonyl (C=O) groups is 2. The summed E-state index contributed by atoms with van der Waals surface area (Å²) in [6, 6.07) is 0. The van der Waals surface area contributed by atoms with E-state index in [1.807, 2.05) is 0 Å². The SMILES string of the molecule is C=C(NC(OCC(=O)OC)=C(C)C(N)=O)C1CC1. The second-order valence-electron chi connectivity index (χ2n) is 4.11. The molecular formula is C12H18N2O4. The van der Waals surface area contributed by atoms with E-state index in [0.717, 1.165) is 18.5 Å². The molecule has 0 heterocycles. The lowest BCUT2D eigenvalue weighted by Gasteiger charge is -2.15. The molecular weight excluding hydrogens is 236 g/mol. The van der Waals surface area contributed by atoms with E-state index in [1.54, 1.807) is 0 Å². The first-order chi connectivity index (χ1) is 8.45. The molecule has 0 radical (unpaired) electrons. The van der Waals surface area contributed by atoms with Gasteiger partial charge >= 0.3 is 5.97 Å². The van der Waals surface area contributed by atoms with Gasteiger partial charge in [-0.05, 0) is 25.7 Å². The van der Waals surface area contributed by atoms with Crippen LogP contribution in [0.1, 0.15) is 19.8 Å². The van der Waals surface area contributed by atoms with E-state index in [-0.39, 0.29) is 18.1 Å². The van der Waals surface area contributed by atoms with Crippen molar-refractivity contribution in [1.29, 1.82) is 0 Å². The highest BCUT2D eigenvalue weighted by atomic mass is 16.6. The second kappa shape index (κ2) is 6.09. The van der Waals surface area contributed by atoms with Gasteiger partial charge in [-0.2, -0.15) is 0 Å². The van der Waals surface area contributed by atoms with Gasteiger partial charge < -0.3 is 20.5 Å². The number of hydrogen-bond acceptors (Lipinski definition) is 5. The molecule has 0 aromatic rings. The van der Waals surface area contributed by atoms with Crippen molar-refractivity contribution in [2.24, 2.45) is 11.7 Å². The third-order valence-corrected chi connectivity index (χ3v) is 2.62. The number of amides is 1. The number of nitrogens with two attached hydrogens (primary N) is 1. The number of primary amides is 1. The minimum absolute atomic E-state index is 0.157. The molecule has 18 heavy (non-hydrogen) atoms. The molecule has 1 amide bonds. The van der Waals surface area contributed by atoms with Crippen molar-refractivity contribution in [2.45, 2.75) is 19.8 Å². The molecule has 1 rings (SSSR count). The standard InChI is InChI=1S/C12H18N2O4/c1-7(11(13)16)12(18-6-10(15)17-3)14-8(2)9-4-5-9/h9,14H,2,4-6H2,1,3H3,(H2,13,16). The van der Waals surface area contributed by atoms with Crippen LogP contribution in [0.2, 0.25) is 0 Å². The highest BCUT2D eigenvalue weighted by Gasteiger charge is 2.26. The van der Waals surface area contributed by atoms with E-state index in [2.05, 4.69) is 16.6 Å². The van der Waals surface area contributed by atoms with Gasteiger partial charge in [-0.25, -0.2) is 4.79 Å². The summed E-state index contributed by atoms with van der Waals surface area (Å²) in [6.07, 6.45) is 2.12. The van der Waals surface area contributed by atoms with E-state index >= 15 is 0 Å². The van der Waals surface area contributed by atoms with Crippen molar-refractivity contribution in [3.63, 3.8) is 0 Å². The fourth-order valence-electron chi connectivity index (χ4n) is 1.22. The number of allylic oxidation sites excluding steroid dienone is 1. The summed E-state index contributed by atoms with van der Waals surface area (Å²) in [7, 11) is 1.26. The maximum atomic E-state index is 11.1. The summed E-state index contributed by atoms with van der Waals surface area (Å²) < 4.78 is 9.65. The summed E-state index contributed by atoms with van der Waals surface area (Å²) in [6.45, 7) is 5.08. The maximum Gasteiger partial charge on any atom is 0.343 e. The van der Waals surface area contributed by atoms with Crippen molar-refractivity contribution in [2.75, 3.05) is 13.7 Å². The summed E-state index contributed by atoms with van der Waals surface area (Å²) in [5, 5.41) is 2.89. The Morgan fingerprint density at radius 3 is 2.50 bits per heavy atom. The highest BCUT2D eigenvalue weighted by Crippen LogP contribution is 2.34. The quantitative estimate of drug-likeness (QED) is 0.390. The topological polar surface area (TPSA) is 90.7 Å². The Morgan fingerprint density at radius 2 is 2.06 bits per heavy atom. The molecule has 1 saturated carbocycles. The number of methoxy groups -OCH3 is 1. The minimum atomic E-state index is -0.619. The van der Waals surface area contributed by atoms with Gasteiger partial charge in [-0.15, -0.1) is 0 Å². The van der Waals surface area contributed by atoms with Crippen LogP contribution in [0.15, 0.2) is 23.7 Å². The summed E-state index contributed by atoms with van der Waals surface area (Å²) in [5.41, 5.74) is 6.15. The molecule has 0 bridgehead atoms. The van der Waals surface area contributed by atoms with Gasteiger partial charge in [0.25, 0.3) is 0 Å². The molecule has 3 N–H and O–H groups in total. The molecule has 0 unspecified atom stereocenters. The monoisotopic (exact) mass is 254 g/mol. The molecule has 0 spiro atoms. The van der Waals surface area contributed by atoms with Crippen LogP contribution in [0, 0.1) is 5.92 Å².